The summed E-state index contributed by atoms with van der Waals surface area (Å²) in [7, 11) is -1.70. The van der Waals surface area contributed by atoms with E-state index >= 15 is 0 Å². The quantitative estimate of drug-likeness (QED) is 0.438. The molecule has 19 heavy (non-hydrogen) atoms. The molecular formula is C17H32OSi. The number of hydrogen-bond acceptors (Lipinski definition) is 1. The highest BCUT2D eigenvalue weighted by molar-refractivity contribution is 6.77. The summed E-state index contributed by atoms with van der Waals surface area (Å²) in [5.41, 5.74) is 4.82. The lowest BCUT2D eigenvalue weighted by atomic mass is 9.96. The van der Waals surface area contributed by atoms with Gasteiger partial charge in [-0.3, -0.25) is 0 Å². The third-order valence-electron chi connectivity index (χ3n) is 4.62. The lowest BCUT2D eigenvalue weighted by Gasteiger charge is -2.42. The van der Waals surface area contributed by atoms with Crippen LogP contribution in [-0.2, 0) is 4.43 Å². The first-order valence-electron chi connectivity index (χ1n) is 7.79. The summed E-state index contributed by atoms with van der Waals surface area (Å²) in [4.78, 5) is 0. The smallest absolute Gasteiger partial charge is 0.200 e. The van der Waals surface area contributed by atoms with E-state index in [0.717, 1.165) is 25.9 Å². The molecule has 0 radical (unpaired) electrons. The molecule has 1 aliphatic rings. The van der Waals surface area contributed by atoms with Crippen LogP contribution in [0.2, 0.25) is 16.6 Å². The van der Waals surface area contributed by atoms with Gasteiger partial charge in [0.1, 0.15) is 0 Å². The Morgan fingerprint density at radius 3 is 2.05 bits per heavy atom. The second kappa shape index (κ2) is 6.89. The second-order valence-corrected chi connectivity index (χ2v) is 12.4. The van der Waals surface area contributed by atoms with Crippen molar-refractivity contribution in [2.75, 3.05) is 6.61 Å². The van der Waals surface area contributed by atoms with Crippen LogP contribution in [0.3, 0.4) is 0 Å². The minimum absolute atomic E-state index is 0.667. The van der Waals surface area contributed by atoms with Crippen molar-refractivity contribution >= 4 is 8.32 Å². The van der Waals surface area contributed by atoms with E-state index in [1.165, 1.54) is 11.1 Å². The first kappa shape index (κ1) is 16.7. The Hall–Kier alpha value is -0.343. The highest BCUT2D eigenvalue weighted by atomic mass is 28.4. The van der Waals surface area contributed by atoms with Crippen LogP contribution in [0.4, 0.5) is 0 Å². The van der Waals surface area contributed by atoms with Gasteiger partial charge in [0, 0.05) is 0 Å². The molecule has 0 atom stereocenters. The second-order valence-electron chi connectivity index (χ2n) is 6.93. The zero-order valence-electron chi connectivity index (χ0n) is 13.8. The van der Waals surface area contributed by atoms with Gasteiger partial charge in [0.25, 0.3) is 0 Å². The van der Waals surface area contributed by atoms with Gasteiger partial charge in [0.05, 0.1) is 6.61 Å². The van der Waals surface area contributed by atoms with Gasteiger partial charge in [0.15, 0.2) is 0 Å². The summed E-state index contributed by atoms with van der Waals surface area (Å²) < 4.78 is 6.63. The molecule has 1 rings (SSSR count). The molecule has 0 bridgehead atoms. The van der Waals surface area contributed by atoms with E-state index in [1.54, 1.807) is 0 Å². The zero-order valence-corrected chi connectivity index (χ0v) is 14.8. The molecular weight excluding hydrogens is 248 g/mol. The average Bonchev–Trinajstić information content (AvgIpc) is 2.28. The van der Waals surface area contributed by atoms with Crippen molar-refractivity contribution in [1.82, 2.24) is 0 Å². The SMILES string of the molecule is C=C1CCC=C(CO[Si](C(C)C)(C(C)C)C(C)C)C1. The van der Waals surface area contributed by atoms with Crippen LogP contribution in [0, 0.1) is 0 Å². The Balaban J connectivity index is 2.79. The van der Waals surface area contributed by atoms with Gasteiger partial charge >= 0.3 is 0 Å². The third kappa shape index (κ3) is 3.82. The van der Waals surface area contributed by atoms with E-state index in [9.17, 15) is 0 Å². The van der Waals surface area contributed by atoms with Crippen LogP contribution in [0.15, 0.2) is 23.8 Å². The van der Waals surface area contributed by atoms with Gasteiger partial charge < -0.3 is 4.43 Å². The lowest BCUT2D eigenvalue weighted by molar-refractivity contribution is 0.303. The van der Waals surface area contributed by atoms with Crippen LogP contribution < -0.4 is 0 Å². The summed E-state index contributed by atoms with van der Waals surface area (Å²) in [5, 5.41) is 0. The molecule has 0 aliphatic heterocycles. The standard InChI is InChI=1S/C17H32OSi/c1-13(2)19(14(3)4,15(5)6)18-12-17-10-8-9-16(7)11-17/h10,13-15H,7-9,11-12H2,1-6H3. The van der Waals surface area contributed by atoms with Crippen LogP contribution in [-0.4, -0.2) is 14.9 Å². The van der Waals surface area contributed by atoms with Gasteiger partial charge in [-0.05, 0) is 41.5 Å². The summed E-state index contributed by atoms with van der Waals surface area (Å²) in [6, 6.07) is 0. The fourth-order valence-corrected chi connectivity index (χ4v) is 9.23. The minimum Gasteiger partial charge on any atom is -0.412 e. The normalized spacial score (nSPS) is 17.5. The topological polar surface area (TPSA) is 9.23 Å². The van der Waals surface area contributed by atoms with Gasteiger partial charge in [0.2, 0.25) is 8.32 Å². The van der Waals surface area contributed by atoms with Crippen LogP contribution in [0.25, 0.3) is 0 Å². The maximum absolute atomic E-state index is 6.63. The third-order valence-corrected chi connectivity index (χ3v) is 10.7. The zero-order chi connectivity index (χ0) is 14.6. The molecule has 0 heterocycles. The van der Waals surface area contributed by atoms with Gasteiger partial charge in [-0.15, -0.1) is 0 Å². The Morgan fingerprint density at radius 1 is 1.11 bits per heavy atom. The van der Waals surface area contributed by atoms with Crippen LogP contribution in [0.1, 0.15) is 60.8 Å². The van der Waals surface area contributed by atoms with Crippen molar-refractivity contribution in [3.63, 3.8) is 0 Å². The van der Waals surface area contributed by atoms with Gasteiger partial charge in [-0.2, -0.15) is 0 Å². The molecule has 0 unspecified atom stereocenters. The fourth-order valence-electron chi connectivity index (χ4n) is 3.79. The van der Waals surface area contributed by atoms with Gasteiger partial charge in [-0.1, -0.05) is 59.8 Å². The molecule has 0 fully saturated rings. The van der Waals surface area contributed by atoms with Crippen molar-refractivity contribution in [3.05, 3.63) is 23.8 Å². The predicted molar refractivity (Wildman–Crippen MR) is 88.1 cm³/mol. The molecule has 0 aromatic heterocycles. The average molecular weight is 281 g/mol. The van der Waals surface area contributed by atoms with E-state index in [2.05, 4.69) is 54.2 Å². The van der Waals surface area contributed by atoms with Gasteiger partial charge in [-0.25, -0.2) is 0 Å². The van der Waals surface area contributed by atoms with Crippen molar-refractivity contribution in [3.8, 4) is 0 Å². The van der Waals surface area contributed by atoms with Crippen molar-refractivity contribution in [2.45, 2.75) is 77.4 Å². The predicted octanol–water partition coefficient (Wildman–Crippen LogP) is 5.85. The van der Waals surface area contributed by atoms with Crippen LogP contribution >= 0.6 is 0 Å². The van der Waals surface area contributed by atoms with Crippen molar-refractivity contribution in [2.24, 2.45) is 0 Å². The van der Waals surface area contributed by atoms with E-state index in [-0.39, 0.29) is 0 Å². The Kier molecular flexibility index (Phi) is 6.06. The number of rotatable bonds is 6. The molecule has 0 aromatic carbocycles. The highest BCUT2D eigenvalue weighted by Crippen LogP contribution is 2.42. The Bertz CT molecular complexity index is 317. The minimum atomic E-state index is -1.70. The molecule has 110 valence electrons. The molecule has 0 saturated heterocycles. The largest absolute Gasteiger partial charge is 0.412 e. The first-order chi connectivity index (χ1) is 8.80. The van der Waals surface area contributed by atoms with Crippen LogP contribution in [0.5, 0.6) is 0 Å². The molecule has 0 N–H and O–H groups in total. The number of hydrogen-bond donors (Lipinski definition) is 0. The summed E-state index contributed by atoms with van der Waals surface area (Å²) in [6.45, 7) is 19.0. The summed E-state index contributed by atoms with van der Waals surface area (Å²) in [6.07, 6.45) is 5.73. The highest BCUT2D eigenvalue weighted by Gasteiger charge is 2.45. The van der Waals surface area contributed by atoms with Crippen molar-refractivity contribution < 1.29 is 4.43 Å². The maximum Gasteiger partial charge on any atom is 0.200 e. The molecule has 0 aromatic rings. The molecule has 1 nitrogen and oxygen atoms in total. The number of allylic oxidation sites excluding steroid dienone is 2. The fraction of sp³-hybridized carbons (Fsp3) is 0.765. The molecule has 2 heteroatoms. The summed E-state index contributed by atoms with van der Waals surface area (Å²) in [5.74, 6) is 0. The molecule has 0 spiro atoms. The first-order valence-corrected chi connectivity index (χ1v) is 9.93. The van der Waals surface area contributed by atoms with E-state index in [0.29, 0.717) is 16.6 Å². The van der Waals surface area contributed by atoms with E-state index < -0.39 is 8.32 Å². The lowest BCUT2D eigenvalue weighted by Crippen LogP contribution is -2.48. The molecule has 0 amide bonds. The monoisotopic (exact) mass is 280 g/mol. The molecule has 1 aliphatic carbocycles. The maximum atomic E-state index is 6.63. The van der Waals surface area contributed by atoms with E-state index in [1.807, 2.05) is 0 Å². The Labute approximate surface area is 121 Å². The van der Waals surface area contributed by atoms with Crippen molar-refractivity contribution in [1.29, 1.82) is 0 Å². The summed E-state index contributed by atoms with van der Waals surface area (Å²) >= 11 is 0. The Morgan fingerprint density at radius 2 is 1.63 bits per heavy atom. The molecule has 0 saturated carbocycles. The van der Waals surface area contributed by atoms with E-state index in [4.69, 9.17) is 4.43 Å².